The molecule has 4 nitrogen and oxygen atoms in total. The van der Waals surface area contributed by atoms with E-state index in [1.54, 1.807) is 15.8 Å². The average molecular weight is 237 g/mol. The van der Waals surface area contributed by atoms with Crippen molar-refractivity contribution in [1.29, 1.82) is 0 Å². The van der Waals surface area contributed by atoms with Crippen molar-refractivity contribution >= 4 is 5.91 Å². The normalized spacial score (nSPS) is 12.5. The average Bonchev–Trinajstić information content (AvgIpc) is 2.70. The Morgan fingerprint density at radius 2 is 2.29 bits per heavy atom. The van der Waals surface area contributed by atoms with Crippen molar-refractivity contribution in [2.45, 2.75) is 39.7 Å². The highest BCUT2D eigenvalue weighted by atomic mass is 16.2. The van der Waals surface area contributed by atoms with Gasteiger partial charge in [0.1, 0.15) is 0 Å². The first-order valence-corrected chi connectivity index (χ1v) is 6.28. The predicted octanol–water partition coefficient (Wildman–Crippen LogP) is 2.20. The Morgan fingerprint density at radius 1 is 1.59 bits per heavy atom. The largest absolute Gasteiger partial charge is 0.340 e. The Kier molecular flexibility index (Phi) is 5.19. The molecular weight excluding hydrogens is 214 g/mol. The Bertz CT molecular complexity index is 359. The lowest BCUT2D eigenvalue weighted by atomic mass is 10.0. The highest BCUT2D eigenvalue weighted by Crippen LogP contribution is 2.12. The molecule has 4 heteroatoms. The van der Waals surface area contributed by atoms with Gasteiger partial charge in [0, 0.05) is 26.2 Å². The van der Waals surface area contributed by atoms with E-state index in [4.69, 9.17) is 0 Å². The van der Waals surface area contributed by atoms with E-state index in [-0.39, 0.29) is 11.8 Å². The minimum absolute atomic E-state index is 0.119. The van der Waals surface area contributed by atoms with Crippen molar-refractivity contribution in [3.63, 3.8) is 0 Å². The van der Waals surface area contributed by atoms with Gasteiger partial charge in [0.05, 0.1) is 12.2 Å². The summed E-state index contributed by atoms with van der Waals surface area (Å²) in [5.74, 6) is 0.341. The first-order valence-electron chi connectivity index (χ1n) is 6.28. The summed E-state index contributed by atoms with van der Waals surface area (Å²) in [6, 6.07) is 1.94. The van der Waals surface area contributed by atoms with Gasteiger partial charge in [0.25, 0.3) is 0 Å². The molecule has 1 atom stereocenters. The standard InChI is InChI=1S/C13H23N3O/c1-5-6-7-11(2)13(17)15(3)10-12-8-9-14-16(12)4/h8-9,11H,5-7,10H2,1-4H3/t11-/m1/s1. The molecule has 0 fully saturated rings. The highest BCUT2D eigenvalue weighted by Gasteiger charge is 2.17. The molecule has 1 heterocycles. The summed E-state index contributed by atoms with van der Waals surface area (Å²) in [7, 11) is 3.76. The maximum absolute atomic E-state index is 12.1. The van der Waals surface area contributed by atoms with E-state index in [0.29, 0.717) is 6.54 Å². The van der Waals surface area contributed by atoms with Crippen LogP contribution in [0.2, 0.25) is 0 Å². The Hall–Kier alpha value is -1.32. The lowest BCUT2D eigenvalue weighted by Crippen LogP contribution is -2.31. The minimum atomic E-state index is 0.119. The van der Waals surface area contributed by atoms with Crippen LogP contribution in [0.15, 0.2) is 12.3 Å². The Labute approximate surface area is 104 Å². The molecule has 0 bridgehead atoms. The summed E-state index contributed by atoms with van der Waals surface area (Å²) < 4.78 is 1.81. The molecule has 0 aromatic carbocycles. The number of carbonyl (C=O) groups is 1. The Balaban J connectivity index is 2.49. The van der Waals surface area contributed by atoms with Crippen molar-refractivity contribution in [3.8, 4) is 0 Å². The molecule has 0 unspecified atom stereocenters. The van der Waals surface area contributed by atoms with Crippen LogP contribution in [0, 0.1) is 5.92 Å². The summed E-state index contributed by atoms with van der Waals surface area (Å²) in [5.41, 5.74) is 1.06. The van der Waals surface area contributed by atoms with Crippen LogP contribution in [0.5, 0.6) is 0 Å². The lowest BCUT2D eigenvalue weighted by molar-refractivity contribution is -0.134. The van der Waals surface area contributed by atoms with E-state index in [1.807, 2.05) is 27.1 Å². The maximum atomic E-state index is 12.1. The smallest absolute Gasteiger partial charge is 0.225 e. The predicted molar refractivity (Wildman–Crippen MR) is 68.4 cm³/mol. The second-order valence-corrected chi connectivity index (χ2v) is 4.68. The van der Waals surface area contributed by atoms with Gasteiger partial charge < -0.3 is 4.90 Å². The fourth-order valence-electron chi connectivity index (χ4n) is 1.89. The van der Waals surface area contributed by atoms with Crippen LogP contribution in [0.25, 0.3) is 0 Å². The molecule has 0 saturated heterocycles. The topological polar surface area (TPSA) is 38.1 Å². The number of unbranched alkanes of at least 4 members (excludes halogenated alkanes) is 1. The van der Waals surface area contributed by atoms with Gasteiger partial charge in [0.15, 0.2) is 0 Å². The van der Waals surface area contributed by atoms with Gasteiger partial charge in [-0.15, -0.1) is 0 Å². The van der Waals surface area contributed by atoms with Gasteiger partial charge >= 0.3 is 0 Å². The van der Waals surface area contributed by atoms with E-state index in [1.165, 1.54) is 0 Å². The number of rotatable bonds is 6. The van der Waals surface area contributed by atoms with Crippen LogP contribution in [-0.4, -0.2) is 27.6 Å². The summed E-state index contributed by atoms with van der Waals surface area (Å²) >= 11 is 0. The van der Waals surface area contributed by atoms with E-state index in [9.17, 15) is 4.79 Å². The van der Waals surface area contributed by atoms with E-state index in [2.05, 4.69) is 12.0 Å². The SMILES string of the molecule is CCCC[C@@H](C)C(=O)N(C)Cc1ccnn1C. The number of aryl methyl sites for hydroxylation is 1. The van der Waals surface area contributed by atoms with Gasteiger partial charge in [-0.3, -0.25) is 9.48 Å². The van der Waals surface area contributed by atoms with Gasteiger partial charge in [-0.05, 0) is 12.5 Å². The summed E-state index contributed by atoms with van der Waals surface area (Å²) in [6.07, 6.45) is 4.99. The molecule has 1 rings (SSSR count). The molecule has 0 aliphatic heterocycles. The zero-order valence-electron chi connectivity index (χ0n) is 11.3. The first-order chi connectivity index (χ1) is 8.06. The summed E-state index contributed by atoms with van der Waals surface area (Å²) in [4.78, 5) is 13.9. The first kappa shape index (κ1) is 13.7. The lowest BCUT2D eigenvalue weighted by Gasteiger charge is -2.21. The number of amides is 1. The molecule has 96 valence electrons. The number of nitrogens with zero attached hydrogens (tertiary/aromatic N) is 3. The minimum Gasteiger partial charge on any atom is -0.340 e. The molecule has 0 aliphatic rings. The number of aromatic nitrogens is 2. The van der Waals surface area contributed by atoms with Gasteiger partial charge in [-0.1, -0.05) is 26.7 Å². The van der Waals surface area contributed by atoms with Crippen molar-refractivity contribution in [3.05, 3.63) is 18.0 Å². The van der Waals surface area contributed by atoms with E-state index >= 15 is 0 Å². The van der Waals surface area contributed by atoms with E-state index < -0.39 is 0 Å². The number of hydrogen-bond acceptors (Lipinski definition) is 2. The molecule has 17 heavy (non-hydrogen) atoms. The summed E-state index contributed by atoms with van der Waals surface area (Å²) in [5, 5.41) is 4.10. The van der Waals surface area contributed by atoms with Crippen LogP contribution >= 0.6 is 0 Å². The van der Waals surface area contributed by atoms with E-state index in [0.717, 1.165) is 25.0 Å². The molecule has 0 radical (unpaired) electrons. The third kappa shape index (κ3) is 3.88. The second kappa shape index (κ2) is 6.42. The van der Waals surface area contributed by atoms with Crippen LogP contribution in [0.4, 0.5) is 0 Å². The fourth-order valence-corrected chi connectivity index (χ4v) is 1.89. The maximum Gasteiger partial charge on any atom is 0.225 e. The fraction of sp³-hybridized carbons (Fsp3) is 0.692. The second-order valence-electron chi connectivity index (χ2n) is 4.68. The van der Waals surface area contributed by atoms with Crippen LogP contribution in [-0.2, 0) is 18.4 Å². The van der Waals surface area contributed by atoms with Crippen molar-refractivity contribution < 1.29 is 4.79 Å². The van der Waals surface area contributed by atoms with Gasteiger partial charge in [0.2, 0.25) is 5.91 Å². The zero-order chi connectivity index (χ0) is 12.8. The van der Waals surface area contributed by atoms with Crippen molar-refractivity contribution in [1.82, 2.24) is 14.7 Å². The molecule has 0 saturated carbocycles. The third-order valence-corrected chi connectivity index (χ3v) is 3.11. The van der Waals surface area contributed by atoms with Crippen molar-refractivity contribution in [2.24, 2.45) is 13.0 Å². The molecule has 1 amide bonds. The van der Waals surface area contributed by atoms with Crippen LogP contribution in [0.1, 0.15) is 38.8 Å². The molecular formula is C13H23N3O. The van der Waals surface area contributed by atoms with Crippen LogP contribution in [0.3, 0.4) is 0 Å². The highest BCUT2D eigenvalue weighted by molar-refractivity contribution is 5.78. The van der Waals surface area contributed by atoms with Gasteiger partial charge in [-0.2, -0.15) is 5.10 Å². The third-order valence-electron chi connectivity index (χ3n) is 3.11. The molecule has 0 aliphatic carbocycles. The monoisotopic (exact) mass is 237 g/mol. The van der Waals surface area contributed by atoms with Crippen LogP contribution < -0.4 is 0 Å². The summed E-state index contributed by atoms with van der Waals surface area (Å²) in [6.45, 7) is 4.79. The molecule has 1 aromatic rings. The number of carbonyl (C=O) groups excluding carboxylic acids is 1. The number of hydrogen-bond donors (Lipinski definition) is 0. The quantitative estimate of drug-likeness (QED) is 0.760. The molecule has 0 N–H and O–H groups in total. The zero-order valence-corrected chi connectivity index (χ0v) is 11.3. The molecule has 1 aromatic heterocycles. The van der Waals surface area contributed by atoms with Gasteiger partial charge in [-0.25, -0.2) is 0 Å². The van der Waals surface area contributed by atoms with Crippen molar-refractivity contribution in [2.75, 3.05) is 7.05 Å². The Morgan fingerprint density at radius 3 is 2.82 bits per heavy atom. The molecule has 0 spiro atoms.